The first kappa shape index (κ1) is 25.7. The van der Waals surface area contributed by atoms with Crippen molar-refractivity contribution in [3.8, 4) is 11.3 Å². The summed E-state index contributed by atoms with van der Waals surface area (Å²) in [6.45, 7) is 3.75. The zero-order chi connectivity index (χ0) is 27.0. The Kier molecular flexibility index (Phi) is 7.03. The fourth-order valence-electron chi connectivity index (χ4n) is 3.91. The summed E-state index contributed by atoms with van der Waals surface area (Å²) >= 11 is 13.5. The highest BCUT2D eigenvalue weighted by Crippen LogP contribution is 2.33. The molecule has 0 atom stereocenters. The van der Waals surface area contributed by atoms with Crippen molar-refractivity contribution in [2.45, 2.75) is 13.8 Å². The highest BCUT2D eigenvalue weighted by Gasteiger charge is 2.39. The zero-order valence-corrected chi connectivity index (χ0v) is 22.5. The molecule has 1 aromatic heterocycles. The molecule has 2 heterocycles. The van der Waals surface area contributed by atoms with E-state index in [1.54, 1.807) is 48.5 Å². The molecule has 0 aliphatic carbocycles. The Labute approximate surface area is 232 Å². The third kappa shape index (κ3) is 4.93. The number of benzene rings is 3. The molecule has 10 heteroatoms. The summed E-state index contributed by atoms with van der Waals surface area (Å²) in [6, 6.07) is 19.1. The monoisotopic (exact) mass is 562 g/mol. The SMILES string of the molecule is Cc1cccc(N2C(=O)C(Cl)=C(Nc3ccc(C(=O)Nc4nc(-c5ccc(Cl)cc5)cs4)cc3)C2=O)c1C. The van der Waals surface area contributed by atoms with E-state index >= 15 is 0 Å². The standard InChI is InChI=1S/C28H20Cl2N4O3S/c1-15-4-3-5-22(16(15)2)34-26(36)23(30)24(27(34)37)31-20-12-8-18(9-13-20)25(35)33-28-32-21(14-38-28)17-6-10-19(29)11-7-17/h3-14,31H,1-2H3,(H,32,33,35). The molecule has 3 amide bonds. The molecule has 38 heavy (non-hydrogen) atoms. The number of hydrogen-bond acceptors (Lipinski definition) is 6. The van der Waals surface area contributed by atoms with Crippen LogP contribution >= 0.6 is 34.5 Å². The number of halogens is 2. The van der Waals surface area contributed by atoms with Gasteiger partial charge in [-0.05, 0) is 67.4 Å². The second kappa shape index (κ2) is 10.4. The van der Waals surface area contributed by atoms with Crippen molar-refractivity contribution < 1.29 is 14.4 Å². The van der Waals surface area contributed by atoms with Crippen LogP contribution in [0.1, 0.15) is 21.5 Å². The van der Waals surface area contributed by atoms with Crippen LogP contribution in [0.25, 0.3) is 11.3 Å². The lowest BCUT2D eigenvalue weighted by atomic mass is 10.1. The molecule has 0 radical (unpaired) electrons. The van der Waals surface area contributed by atoms with Gasteiger partial charge in [0.15, 0.2) is 5.13 Å². The first-order valence-electron chi connectivity index (χ1n) is 11.5. The normalized spacial score (nSPS) is 13.3. The second-order valence-electron chi connectivity index (χ2n) is 8.56. The number of anilines is 3. The van der Waals surface area contributed by atoms with Gasteiger partial charge in [0.2, 0.25) is 0 Å². The number of carbonyl (C=O) groups excluding carboxylic acids is 3. The summed E-state index contributed by atoms with van der Waals surface area (Å²) in [4.78, 5) is 44.2. The van der Waals surface area contributed by atoms with Crippen molar-refractivity contribution in [1.29, 1.82) is 0 Å². The Morgan fingerprint density at radius 2 is 1.63 bits per heavy atom. The van der Waals surface area contributed by atoms with Crippen molar-refractivity contribution in [2.24, 2.45) is 0 Å². The fraction of sp³-hybridized carbons (Fsp3) is 0.0714. The van der Waals surface area contributed by atoms with Crippen LogP contribution in [0.4, 0.5) is 16.5 Å². The van der Waals surface area contributed by atoms with Gasteiger partial charge in [0.05, 0.1) is 11.4 Å². The number of aromatic nitrogens is 1. The van der Waals surface area contributed by atoms with E-state index < -0.39 is 11.8 Å². The molecule has 1 aliphatic heterocycles. The van der Waals surface area contributed by atoms with Crippen molar-refractivity contribution in [3.05, 3.63) is 105 Å². The maximum atomic E-state index is 13.1. The Morgan fingerprint density at radius 3 is 2.34 bits per heavy atom. The molecular formula is C28H20Cl2N4O3S. The second-order valence-corrected chi connectivity index (χ2v) is 10.2. The largest absolute Gasteiger partial charge is 0.350 e. The predicted octanol–water partition coefficient (Wildman–Crippen LogP) is 6.77. The van der Waals surface area contributed by atoms with Gasteiger partial charge in [-0.25, -0.2) is 9.88 Å². The highest BCUT2D eigenvalue weighted by molar-refractivity contribution is 7.14. The molecule has 190 valence electrons. The van der Waals surface area contributed by atoms with Gasteiger partial charge in [-0.1, -0.05) is 47.5 Å². The van der Waals surface area contributed by atoms with Crippen LogP contribution in [0.3, 0.4) is 0 Å². The molecule has 0 bridgehead atoms. The van der Waals surface area contributed by atoms with Gasteiger partial charge in [0, 0.05) is 27.2 Å². The summed E-state index contributed by atoms with van der Waals surface area (Å²) < 4.78 is 0. The molecular weight excluding hydrogens is 543 g/mol. The predicted molar refractivity (Wildman–Crippen MR) is 152 cm³/mol. The van der Waals surface area contributed by atoms with Gasteiger partial charge >= 0.3 is 0 Å². The Hall–Kier alpha value is -3.98. The van der Waals surface area contributed by atoms with Crippen LogP contribution in [-0.2, 0) is 9.59 Å². The lowest BCUT2D eigenvalue weighted by Gasteiger charge is -2.18. The molecule has 4 aromatic rings. The van der Waals surface area contributed by atoms with E-state index in [0.717, 1.165) is 27.3 Å². The van der Waals surface area contributed by atoms with Gasteiger partial charge in [-0.15, -0.1) is 11.3 Å². The Bertz CT molecular complexity index is 1610. The molecule has 7 nitrogen and oxygen atoms in total. The minimum Gasteiger partial charge on any atom is -0.350 e. The molecule has 0 saturated carbocycles. The van der Waals surface area contributed by atoms with Crippen molar-refractivity contribution in [2.75, 3.05) is 15.5 Å². The molecule has 0 saturated heterocycles. The van der Waals surface area contributed by atoms with Crippen molar-refractivity contribution >= 4 is 68.8 Å². The maximum Gasteiger partial charge on any atom is 0.283 e. The van der Waals surface area contributed by atoms with Crippen LogP contribution in [0, 0.1) is 13.8 Å². The van der Waals surface area contributed by atoms with E-state index in [9.17, 15) is 14.4 Å². The molecule has 3 aromatic carbocycles. The van der Waals surface area contributed by atoms with E-state index in [1.807, 2.05) is 37.4 Å². The van der Waals surface area contributed by atoms with E-state index in [0.29, 0.717) is 27.1 Å². The third-order valence-electron chi connectivity index (χ3n) is 6.13. The summed E-state index contributed by atoms with van der Waals surface area (Å²) in [7, 11) is 0. The summed E-state index contributed by atoms with van der Waals surface area (Å²) in [6.07, 6.45) is 0. The quantitative estimate of drug-likeness (QED) is 0.253. The summed E-state index contributed by atoms with van der Waals surface area (Å²) in [5.41, 5.74) is 4.76. The average molecular weight is 563 g/mol. The molecule has 0 fully saturated rings. The minimum absolute atomic E-state index is 0.0210. The molecule has 2 N–H and O–H groups in total. The summed E-state index contributed by atoms with van der Waals surface area (Å²) in [5.74, 6) is -1.47. The fourth-order valence-corrected chi connectivity index (χ4v) is 4.96. The first-order chi connectivity index (χ1) is 18.2. The van der Waals surface area contributed by atoms with Crippen LogP contribution < -0.4 is 15.5 Å². The number of nitrogens with one attached hydrogen (secondary N) is 2. The van der Waals surface area contributed by atoms with Crippen LogP contribution in [-0.4, -0.2) is 22.7 Å². The van der Waals surface area contributed by atoms with E-state index in [-0.39, 0.29) is 16.6 Å². The lowest BCUT2D eigenvalue weighted by molar-refractivity contribution is -0.120. The van der Waals surface area contributed by atoms with Gasteiger partial charge in [0.1, 0.15) is 10.7 Å². The van der Waals surface area contributed by atoms with E-state index in [2.05, 4.69) is 15.6 Å². The minimum atomic E-state index is -0.592. The number of imide groups is 1. The zero-order valence-electron chi connectivity index (χ0n) is 20.2. The van der Waals surface area contributed by atoms with Crippen LogP contribution in [0.15, 0.2) is 82.8 Å². The van der Waals surface area contributed by atoms with Gasteiger partial charge in [0.25, 0.3) is 17.7 Å². The van der Waals surface area contributed by atoms with Gasteiger partial charge in [-0.3, -0.25) is 19.7 Å². The van der Waals surface area contributed by atoms with Gasteiger partial charge in [-0.2, -0.15) is 0 Å². The van der Waals surface area contributed by atoms with Crippen molar-refractivity contribution in [3.63, 3.8) is 0 Å². The Morgan fingerprint density at radius 1 is 0.921 bits per heavy atom. The molecule has 0 unspecified atom stereocenters. The topological polar surface area (TPSA) is 91.4 Å². The Balaban J connectivity index is 1.27. The number of rotatable bonds is 6. The number of amides is 3. The third-order valence-corrected chi connectivity index (χ3v) is 7.49. The molecule has 5 rings (SSSR count). The summed E-state index contributed by atoms with van der Waals surface area (Å²) in [5, 5.41) is 8.47. The van der Waals surface area contributed by atoms with Crippen LogP contribution in [0.2, 0.25) is 5.02 Å². The smallest absolute Gasteiger partial charge is 0.283 e. The highest BCUT2D eigenvalue weighted by atomic mass is 35.5. The van der Waals surface area contributed by atoms with E-state index in [4.69, 9.17) is 23.2 Å². The maximum absolute atomic E-state index is 13.1. The molecule has 1 aliphatic rings. The number of aryl methyl sites for hydroxylation is 1. The van der Waals surface area contributed by atoms with E-state index in [1.165, 1.54) is 11.3 Å². The van der Waals surface area contributed by atoms with Crippen molar-refractivity contribution in [1.82, 2.24) is 4.98 Å². The number of hydrogen-bond donors (Lipinski definition) is 2. The van der Waals surface area contributed by atoms with Gasteiger partial charge < -0.3 is 5.32 Å². The number of carbonyl (C=O) groups is 3. The van der Waals surface area contributed by atoms with Crippen LogP contribution in [0.5, 0.6) is 0 Å². The first-order valence-corrected chi connectivity index (χ1v) is 13.1. The number of thiazole rings is 1. The molecule has 0 spiro atoms. The lowest BCUT2D eigenvalue weighted by Crippen LogP contribution is -2.33. The number of nitrogens with zero attached hydrogens (tertiary/aromatic N) is 2. The average Bonchev–Trinajstić information content (AvgIpc) is 3.45.